The lowest BCUT2D eigenvalue weighted by molar-refractivity contribution is 0.0914. The average molecular weight is 229 g/mol. The van der Waals surface area contributed by atoms with Crippen LogP contribution in [0.15, 0.2) is 0 Å². The molecule has 1 N–H and O–H groups in total. The van der Waals surface area contributed by atoms with Crippen LogP contribution >= 0.6 is 0 Å². The van der Waals surface area contributed by atoms with Crippen LogP contribution < -0.4 is 5.32 Å². The Bertz CT molecular complexity index is 147. The van der Waals surface area contributed by atoms with E-state index in [0.29, 0.717) is 5.92 Å². The molecule has 1 rings (SSSR count). The Labute approximate surface area is 99.9 Å². The van der Waals surface area contributed by atoms with E-state index >= 15 is 0 Å². The molecule has 0 radical (unpaired) electrons. The largest absolute Gasteiger partial charge is 0.381 e. The van der Waals surface area contributed by atoms with Gasteiger partial charge in [0.2, 0.25) is 0 Å². The molecule has 0 saturated carbocycles. The lowest BCUT2D eigenvalue weighted by atomic mass is 10.1. The molecule has 1 aliphatic rings. The van der Waals surface area contributed by atoms with Gasteiger partial charge in [-0.05, 0) is 19.4 Å². The third kappa shape index (κ3) is 7.20. The van der Waals surface area contributed by atoms with Gasteiger partial charge in [-0.2, -0.15) is 0 Å². The SMILES string of the molecule is CCCCCCNCCOCC1CCOC1. The minimum atomic E-state index is 0.643. The van der Waals surface area contributed by atoms with E-state index in [4.69, 9.17) is 9.47 Å². The van der Waals surface area contributed by atoms with E-state index in [-0.39, 0.29) is 0 Å². The summed E-state index contributed by atoms with van der Waals surface area (Å²) in [5.74, 6) is 0.643. The molecule has 0 aromatic carbocycles. The first-order valence-electron chi connectivity index (χ1n) is 6.79. The molecule has 1 saturated heterocycles. The maximum absolute atomic E-state index is 5.60. The number of nitrogens with one attached hydrogen (secondary N) is 1. The molecule has 96 valence electrons. The van der Waals surface area contributed by atoms with E-state index < -0.39 is 0 Å². The van der Waals surface area contributed by atoms with Crippen molar-refractivity contribution in [1.29, 1.82) is 0 Å². The Morgan fingerprint density at radius 2 is 2.19 bits per heavy atom. The van der Waals surface area contributed by atoms with Crippen LogP contribution in [0.1, 0.15) is 39.0 Å². The molecule has 3 nitrogen and oxygen atoms in total. The lowest BCUT2D eigenvalue weighted by Crippen LogP contribution is -2.22. The van der Waals surface area contributed by atoms with Crippen molar-refractivity contribution in [3.63, 3.8) is 0 Å². The van der Waals surface area contributed by atoms with Crippen molar-refractivity contribution in [2.75, 3.05) is 39.5 Å². The van der Waals surface area contributed by atoms with Crippen molar-refractivity contribution >= 4 is 0 Å². The maximum atomic E-state index is 5.60. The molecule has 3 heteroatoms. The highest BCUT2D eigenvalue weighted by atomic mass is 16.5. The second-order valence-electron chi connectivity index (χ2n) is 4.62. The minimum Gasteiger partial charge on any atom is -0.381 e. The lowest BCUT2D eigenvalue weighted by Gasteiger charge is -2.09. The van der Waals surface area contributed by atoms with Crippen molar-refractivity contribution in [3.8, 4) is 0 Å². The molecule has 1 unspecified atom stereocenters. The molecule has 0 amide bonds. The van der Waals surface area contributed by atoms with E-state index in [0.717, 1.165) is 39.5 Å². The maximum Gasteiger partial charge on any atom is 0.0591 e. The quantitative estimate of drug-likeness (QED) is 0.583. The van der Waals surface area contributed by atoms with Gasteiger partial charge in [0.05, 0.1) is 19.8 Å². The fraction of sp³-hybridized carbons (Fsp3) is 1.00. The van der Waals surface area contributed by atoms with Crippen molar-refractivity contribution < 1.29 is 9.47 Å². The fourth-order valence-corrected chi connectivity index (χ4v) is 1.91. The first kappa shape index (κ1) is 13.9. The van der Waals surface area contributed by atoms with Crippen LogP contribution in [0, 0.1) is 5.92 Å². The molecule has 0 bridgehead atoms. The van der Waals surface area contributed by atoms with Crippen LogP contribution in [0.5, 0.6) is 0 Å². The normalized spacial score (nSPS) is 20.4. The summed E-state index contributed by atoms with van der Waals surface area (Å²) in [6, 6.07) is 0. The molecular formula is C13H27NO2. The highest BCUT2D eigenvalue weighted by Gasteiger charge is 2.14. The third-order valence-electron chi connectivity index (χ3n) is 3.01. The Balaban J connectivity index is 1.71. The van der Waals surface area contributed by atoms with E-state index in [2.05, 4.69) is 12.2 Å². The Morgan fingerprint density at radius 1 is 1.25 bits per heavy atom. The zero-order valence-corrected chi connectivity index (χ0v) is 10.7. The third-order valence-corrected chi connectivity index (χ3v) is 3.01. The van der Waals surface area contributed by atoms with Crippen LogP contribution in [0.3, 0.4) is 0 Å². The highest BCUT2D eigenvalue weighted by Crippen LogP contribution is 2.11. The summed E-state index contributed by atoms with van der Waals surface area (Å²) in [4.78, 5) is 0. The monoisotopic (exact) mass is 229 g/mol. The van der Waals surface area contributed by atoms with Gasteiger partial charge in [0, 0.05) is 19.1 Å². The first-order chi connectivity index (χ1) is 7.93. The predicted octanol–water partition coefficient (Wildman–Crippen LogP) is 2.21. The van der Waals surface area contributed by atoms with Crippen molar-refractivity contribution in [1.82, 2.24) is 5.32 Å². The molecule has 1 fully saturated rings. The number of hydrogen-bond acceptors (Lipinski definition) is 3. The summed E-state index contributed by atoms with van der Waals surface area (Å²) < 4.78 is 10.9. The van der Waals surface area contributed by atoms with Crippen LogP contribution in [-0.4, -0.2) is 39.5 Å². The van der Waals surface area contributed by atoms with E-state index in [1.807, 2.05) is 0 Å². The number of ether oxygens (including phenoxy) is 2. The molecule has 0 spiro atoms. The number of hydrogen-bond donors (Lipinski definition) is 1. The van der Waals surface area contributed by atoms with Gasteiger partial charge < -0.3 is 14.8 Å². The first-order valence-corrected chi connectivity index (χ1v) is 6.79. The molecule has 1 heterocycles. The van der Waals surface area contributed by atoms with Gasteiger partial charge in [0.1, 0.15) is 0 Å². The van der Waals surface area contributed by atoms with E-state index in [1.165, 1.54) is 32.1 Å². The molecule has 0 aromatic heterocycles. The molecule has 1 aliphatic heterocycles. The van der Waals surface area contributed by atoms with Gasteiger partial charge in [-0.3, -0.25) is 0 Å². The molecule has 16 heavy (non-hydrogen) atoms. The van der Waals surface area contributed by atoms with Gasteiger partial charge in [-0.15, -0.1) is 0 Å². The van der Waals surface area contributed by atoms with E-state index in [1.54, 1.807) is 0 Å². The summed E-state index contributed by atoms with van der Waals surface area (Å²) in [6.45, 7) is 7.89. The van der Waals surface area contributed by atoms with E-state index in [9.17, 15) is 0 Å². The average Bonchev–Trinajstić information content (AvgIpc) is 2.80. The van der Waals surface area contributed by atoms with Crippen molar-refractivity contribution in [2.45, 2.75) is 39.0 Å². The fourth-order valence-electron chi connectivity index (χ4n) is 1.91. The number of rotatable bonds is 10. The van der Waals surface area contributed by atoms with Crippen LogP contribution in [0.2, 0.25) is 0 Å². The van der Waals surface area contributed by atoms with Gasteiger partial charge in [0.15, 0.2) is 0 Å². The van der Waals surface area contributed by atoms with Gasteiger partial charge in [-0.25, -0.2) is 0 Å². The summed E-state index contributed by atoms with van der Waals surface area (Å²) in [7, 11) is 0. The van der Waals surface area contributed by atoms with Gasteiger partial charge in [-0.1, -0.05) is 26.2 Å². The number of unbranched alkanes of at least 4 members (excludes halogenated alkanes) is 3. The van der Waals surface area contributed by atoms with Crippen LogP contribution in [0.4, 0.5) is 0 Å². The molecule has 1 atom stereocenters. The van der Waals surface area contributed by atoms with Crippen molar-refractivity contribution in [2.24, 2.45) is 5.92 Å². The summed E-state index contributed by atoms with van der Waals surface area (Å²) in [5.41, 5.74) is 0. The topological polar surface area (TPSA) is 30.5 Å². The summed E-state index contributed by atoms with van der Waals surface area (Å²) in [6.07, 6.45) is 6.49. The Kier molecular flexibility index (Phi) is 8.77. The highest BCUT2D eigenvalue weighted by molar-refractivity contribution is 4.62. The predicted molar refractivity (Wildman–Crippen MR) is 66.8 cm³/mol. The second kappa shape index (κ2) is 10.1. The standard InChI is InChI=1S/C13H27NO2/c1-2-3-4-5-7-14-8-10-16-12-13-6-9-15-11-13/h13-14H,2-12H2,1H3. The smallest absolute Gasteiger partial charge is 0.0591 e. The molecule has 0 aliphatic carbocycles. The van der Waals surface area contributed by atoms with Crippen LogP contribution in [0.25, 0.3) is 0 Å². The van der Waals surface area contributed by atoms with Crippen LogP contribution in [-0.2, 0) is 9.47 Å². The Morgan fingerprint density at radius 3 is 2.94 bits per heavy atom. The molecular weight excluding hydrogens is 202 g/mol. The molecule has 0 aromatic rings. The zero-order chi connectivity index (χ0) is 11.5. The Hall–Kier alpha value is -0.120. The van der Waals surface area contributed by atoms with Gasteiger partial charge >= 0.3 is 0 Å². The zero-order valence-electron chi connectivity index (χ0n) is 10.7. The van der Waals surface area contributed by atoms with Gasteiger partial charge in [0.25, 0.3) is 0 Å². The summed E-state index contributed by atoms with van der Waals surface area (Å²) >= 11 is 0. The van der Waals surface area contributed by atoms with Crippen molar-refractivity contribution in [3.05, 3.63) is 0 Å². The minimum absolute atomic E-state index is 0.643. The second-order valence-corrected chi connectivity index (χ2v) is 4.62. The summed E-state index contributed by atoms with van der Waals surface area (Å²) in [5, 5.41) is 3.41.